The average Bonchev–Trinajstić information content (AvgIpc) is 2.62. The third-order valence-electron chi connectivity index (χ3n) is 2.28. The maximum Gasteiger partial charge on any atom is 0.323 e. The summed E-state index contributed by atoms with van der Waals surface area (Å²) < 4.78 is 0. The number of rotatable bonds is 5. The van der Waals surface area contributed by atoms with Crippen LogP contribution in [-0.2, 0) is 14.4 Å². The zero-order valence-electron chi connectivity index (χ0n) is 8.81. The molecular formula is C10H14N2O4. The van der Waals surface area contributed by atoms with Gasteiger partial charge in [-0.25, -0.2) is 0 Å². The highest BCUT2D eigenvalue weighted by Gasteiger charge is 2.30. The molecule has 0 aromatic heterocycles. The minimum atomic E-state index is -1.08. The highest BCUT2D eigenvalue weighted by Crippen LogP contribution is 2.09. The van der Waals surface area contributed by atoms with Gasteiger partial charge in [0.15, 0.2) is 0 Å². The minimum Gasteiger partial charge on any atom is -0.480 e. The zero-order chi connectivity index (χ0) is 12.1. The number of hydrogen-bond donors (Lipinski definition) is 2. The lowest BCUT2D eigenvalue weighted by atomic mass is 10.2. The lowest BCUT2D eigenvalue weighted by Crippen LogP contribution is -2.46. The minimum absolute atomic E-state index is 0.164. The Kier molecular flexibility index (Phi) is 4.04. The first-order chi connectivity index (χ1) is 7.54. The van der Waals surface area contributed by atoms with Gasteiger partial charge in [0, 0.05) is 13.0 Å². The molecule has 0 saturated carbocycles. The molecule has 0 aliphatic carbocycles. The summed E-state index contributed by atoms with van der Waals surface area (Å²) in [5.74, 6) is -1.63. The van der Waals surface area contributed by atoms with Crippen LogP contribution >= 0.6 is 0 Å². The molecule has 1 saturated heterocycles. The monoisotopic (exact) mass is 226 g/mol. The van der Waals surface area contributed by atoms with E-state index in [2.05, 4.69) is 11.9 Å². The molecule has 1 aliphatic heterocycles. The van der Waals surface area contributed by atoms with Crippen LogP contribution in [0.4, 0.5) is 0 Å². The molecule has 2 N–H and O–H groups in total. The number of hydrogen-bond acceptors (Lipinski definition) is 3. The SMILES string of the molecule is C=CCN(CC(=O)O)C(=O)[C@H]1CCC(=O)N1. The molecule has 0 unspecified atom stereocenters. The van der Waals surface area contributed by atoms with Crippen molar-refractivity contribution in [3.05, 3.63) is 12.7 Å². The topological polar surface area (TPSA) is 86.7 Å². The van der Waals surface area contributed by atoms with Gasteiger partial charge in [0.2, 0.25) is 11.8 Å². The summed E-state index contributed by atoms with van der Waals surface area (Å²) in [6.45, 7) is 3.24. The van der Waals surface area contributed by atoms with Crippen molar-refractivity contribution in [2.45, 2.75) is 18.9 Å². The highest BCUT2D eigenvalue weighted by molar-refractivity contribution is 5.92. The normalized spacial score (nSPS) is 19.0. The van der Waals surface area contributed by atoms with E-state index < -0.39 is 12.0 Å². The van der Waals surface area contributed by atoms with Gasteiger partial charge < -0.3 is 15.3 Å². The van der Waals surface area contributed by atoms with Gasteiger partial charge in [-0.1, -0.05) is 6.08 Å². The molecule has 0 radical (unpaired) electrons. The number of carbonyl (C=O) groups excluding carboxylic acids is 2. The van der Waals surface area contributed by atoms with E-state index >= 15 is 0 Å². The van der Waals surface area contributed by atoms with Crippen LogP contribution in [0.3, 0.4) is 0 Å². The molecule has 6 nitrogen and oxygen atoms in total. The summed E-state index contributed by atoms with van der Waals surface area (Å²) >= 11 is 0. The Morgan fingerprint density at radius 1 is 1.62 bits per heavy atom. The first-order valence-electron chi connectivity index (χ1n) is 4.95. The van der Waals surface area contributed by atoms with E-state index in [0.29, 0.717) is 12.8 Å². The molecule has 0 bridgehead atoms. The fraction of sp³-hybridized carbons (Fsp3) is 0.500. The van der Waals surface area contributed by atoms with Crippen LogP contribution in [-0.4, -0.2) is 46.9 Å². The fourth-order valence-electron chi connectivity index (χ4n) is 1.57. The van der Waals surface area contributed by atoms with E-state index in [9.17, 15) is 14.4 Å². The summed E-state index contributed by atoms with van der Waals surface area (Å²) in [5, 5.41) is 11.1. The third kappa shape index (κ3) is 3.08. The van der Waals surface area contributed by atoms with Gasteiger partial charge in [0.05, 0.1) is 0 Å². The molecule has 0 spiro atoms. The smallest absolute Gasteiger partial charge is 0.323 e. The fourth-order valence-corrected chi connectivity index (χ4v) is 1.57. The molecule has 1 atom stereocenters. The third-order valence-corrected chi connectivity index (χ3v) is 2.28. The molecule has 1 heterocycles. The summed E-state index contributed by atoms with van der Waals surface area (Å²) in [6.07, 6.45) is 2.19. The van der Waals surface area contributed by atoms with Crippen LogP contribution in [0.25, 0.3) is 0 Å². The van der Waals surface area contributed by atoms with E-state index in [0.717, 1.165) is 4.90 Å². The van der Waals surface area contributed by atoms with Crippen molar-refractivity contribution in [2.75, 3.05) is 13.1 Å². The maximum absolute atomic E-state index is 11.8. The molecular weight excluding hydrogens is 212 g/mol. The van der Waals surface area contributed by atoms with Crippen molar-refractivity contribution in [1.29, 1.82) is 0 Å². The number of carboxylic acids is 1. The zero-order valence-corrected chi connectivity index (χ0v) is 8.81. The Labute approximate surface area is 92.9 Å². The van der Waals surface area contributed by atoms with E-state index in [1.54, 1.807) is 0 Å². The standard InChI is InChI=1S/C10H14N2O4/c1-2-5-12(6-9(14)15)10(16)7-3-4-8(13)11-7/h2,7H,1,3-6H2,(H,11,13)(H,14,15)/t7-/m1/s1. The Morgan fingerprint density at radius 3 is 2.75 bits per heavy atom. The molecule has 6 heteroatoms. The first-order valence-corrected chi connectivity index (χ1v) is 4.95. The van der Waals surface area contributed by atoms with Gasteiger partial charge in [-0.2, -0.15) is 0 Å². The second kappa shape index (κ2) is 5.29. The lowest BCUT2D eigenvalue weighted by Gasteiger charge is -2.22. The van der Waals surface area contributed by atoms with Crippen molar-refractivity contribution in [1.82, 2.24) is 10.2 Å². The Hall–Kier alpha value is -1.85. The predicted molar refractivity (Wildman–Crippen MR) is 55.6 cm³/mol. The van der Waals surface area contributed by atoms with Crippen molar-refractivity contribution < 1.29 is 19.5 Å². The van der Waals surface area contributed by atoms with Crippen LogP contribution in [0.15, 0.2) is 12.7 Å². The summed E-state index contributed by atoms with van der Waals surface area (Å²) in [6, 6.07) is -0.591. The molecule has 16 heavy (non-hydrogen) atoms. The second-order valence-electron chi connectivity index (χ2n) is 3.56. The molecule has 0 aromatic rings. The van der Waals surface area contributed by atoms with Crippen LogP contribution < -0.4 is 5.32 Å². The van der Waals surface area contributed by atoms with Crippen molar-refractivity contribution in [2.24, 2.45) is 0 Å². The van der Waals surface area contributed by atoms with Crippen LogP contribution in [0.2, 0.25) is 0 Å². The van der Waals surface area contributed by atoms with Crippen molar-refractivity contribution >= 4 is 17.8 Å². The molecule has 2 amide bonds. The number of carboxylic acid groups (broad SMARTS) is 1. The average molecular weight is 226 g/mol. The summed E-state index contributed by atoms with van der Waals surface area (Å²) in [7, 11) is 0. The molecule has 1 rings (SSSR count). The summed E-state index contributed by atoms with van der Waals surface area (Å²) in [5.41, 5.74) is 0. The molecule has 88 valence electrons. The van der Waals surface area contributed by atoms with Crippen molar-refractivity contribution in [3.8, 4) is 0 Å². The number of carbonyl (C=O) groups is 3. The van der Waals surface area contributed by atoms with Gasteiger partial charge >= 0.3 is 5.97 Å². The number of amides is 2. The number of nitrogens with one attached hydrogen (secondary N) is 1. The van der Waals surface area contributed by atoms with Crippen molar-refractivity contribution in [3.63, 3.8) is 0 Å². The number of aliphatic carboxylic acids is 1. The van der Waals surface area contributed by atoms with Gasteiger partial charge in [0.1, 0.15) is 12.6 Å². The van der Waals surface area contributed by atoms with Gasteiger partial charge in [0.25, 0.3) is 0 Å². The Balaban J connectivity index is 2.62. The number of nitrogens with zero attached hydrogens (tertiary/aromatic N) is 1. The van der Waals surface area contributed by atoms with Gasteiger partial charge in [-0.15, -0.1) is 6.58 Å². The van der Waals surface area contributed by atoms with Crippen LogP contribution in [0.5, 0.6) is 0 Å². The lowest BCUT2D eigenvalue weighted by molar-refractivity contribution is -0.144. The molecule has 1 fully saturated rings. The van der Waals surface area contributed by atoms with Gasteiger partial charge in [-0.3, -0.25) is 14.4 Å². The Morgan fingerprint density at radius 2 is 2.31 bits per heavy atom. The largest absolute Gasteiger partial charge is 0.480 e. The van der Waals surface area contributed by atoms with E-state index in [4.69, 9.17) is 5.11 Å². The first kappa shape index (κ1) is 12.2. The quantitative estimate of drug-likeness (QED) is 0.611. The van der Waals surface area contributed by atoms with E-state index in [1.807, 2.05) is 0 Å². The van der Waals surface area contributed by atoms with Crippen LogP contribution in [0, 0.1) is 0 Å². The Bertz CT molecular complexity index is 327. The van der Waals surface area contributed by atoms with E-state index in [-0.39, 0.29) is 24.9 Å². The van der Waals surface area contributed by atoms with Gasteiger partial charge in [-0.05, 0) is 6.42 Å². The van der Waals surface area contributed by atoms with Crippen LogP contribution in [0.1, 0.15) is 12.8 Å². The maximum atomic E-state index is 11.8. The molecule has 0 aromatic carbocycles. The summed E-state index contributed by atoms with van der Waals surface area (Å²) in [4.78, 5) is 34.5. The highest BCUT2D eigenvalue weighted by atomic mass is 16.4. The molecule has 1 aliphatic rings. The van der Waals surface area contributed by atoms with E-state index in [1.165, 1.54) is 6.08 Å². The second-order valence-corrected chi connectivity index (χ2v) is 3.56. The predicted octanol–water partition coefficient (Wildman–Crippen LogP) is -0.636.